The van der Waals surface area contributed by atoms with Crippen molar-refractivity contribution in [3.05, 3.63) is 12.2 Å². The van der Waals surface area contributed by atoms with Crippen LogP contribution in [-0.2, 0) is 4.79 Å². The van der Waals surface area contributed by atoms with Crippen molar-refractivity contribution in [3.63, 3.8) is 0 Å². The maximum absolute atomic E-state index is 9.90. The van der Waals surface area contributed by atoms with Gasteiger partial charge >= 0.3 is 0 Å². The zero-order valence-electron chi connectivity index (χ0n) is 6.83. The van der Waals surface area contributed by atoms with Crippen LogP contribution in [0.5, 0.6) is 0 Å². The molecule has 2 heteroatoms. The van der Waals surface area contributed by atoms with Crippen LogP contribution in [0, 0.1) is 0 Å². The van der Waals surface area contributed by atoms with Gasteiger partial charge in [-0.05, 0) is 38.4 Å². The van der Waals surface area contributed by atoms with E-state index in [2.05, 4.69) is 4.90 Å². The standard InChI is InChI=1S/C9H15NO/c11-9-5-1-2-6-10-7-3-4-8-10/h1,5,9H,2-4,6-8H2/b5-1+. The number of aldehydes is 1. The molecule has 62 valence electrons. The van der Waals surface area contributed by atoms with Gasteiger partial charge in [-0.25, -0.2) is 0 Å². The molecule has 2 nitrogen and oxygen atoms in total. The van der Waals surface area contributed by atoms with Gasteiger partial charge in [0.25, 0.3) is 0 Å². The predicted octanol–water partition coefficient (Wildman–Crippen LogP) is 1.23. The van der Waals surface area contributed by atoms with Gasteiger partial charge in [-0.15, -0.1) is 0 Å². The van der Waals surface area contributed by atoms with Crippen LogP contribution in [0.3, 0.4) is 0 Å². The Balaban J connectivity index is 2.01. The summed E-state index contributed by atoms with van der Waals surface area (Å²) in [6.07, 6.45) is 8.05. The number of nitrogens with zero attached hydrogens (tertiary/aromatic N) is 1. The van der Waals surface area contributed by atoms with Crippen LogP contribution in [0.25, 0.3) is 0 Å². The highest BCUT2D eigenvalue weighted by atomic mass is 16.1. The summed E-state index contributed by atoms with van der Waals surface area (Å²) in [5, 5.41) is 0. The lowest BCUT2D eigenvalue weighted by Crippen LogP contribution is -2.19. The summed E-state index contributed by atoms with van der Waals surface area (Å²) >= 11 is 0. The van der Waals surface area contributed by atoms with E-state index in [1.165, 1.54) is 25.9 Å². The maximum Gasteiger partial charge on any atom is 0.142 e. The highest BCUT2D eigenvalue weighted by Crippen LogP contribution is 2.07. The first-order valence-electron chi connectivity index (χ1n) is 4.26. The second kappa shape index (κ2) is 5.08. The summed E-state index contributed by atoms with van der Waals surface area (Å²) < 4.78 is 0. The van der Waals surface area contributed by atoms with Gasteiger partial charge in [-0.1, -0.05) is 6.08 Å². The fraction of sp³-hybridized carbons (Fsp3) is 0.667. The van der Waals surface area contributed by atoms with Crippen molar-refractivity contribution in [2.45, 2.75) is 19.3 Å². The number of carbonyl (C=O) groups is 1. The third-order valence-electron chi connectivity index (χ3n) is 2.03. The average molecular weight is 153 g/mol. The number of likely N-dealkylation sites (tertiary alicyclic amines) is 1. The molecule has 1 heterocycles. The van der Waals surface area contributed by atoms with E-state index in [-0.39, 0.29) is 0 Å². The molecule has 0 bridgehead atoms. The predicted molar refractivity (Wildman–Crippen MR) is 45.5 cm³/mol. The molecule has 0 radical (unpaired) electrons. The van der Waals surface area contributed by atoms with Crippen molar-refractivity contribution in [2.75, 3.05) is 19.6 Å². The van der Waals surface area contributed by atoms with Crippen LogP contribution in [0.4, 0.5) is 0 Å². The molecule has 1 aliphatic rings. The number of carbonyl (C=O) groups excluding carboxylic acids is 1. The molecule has 11 heavy (non-hydrogen) atoms. The summed E-state index contributed by atoms with van der Waals surface area (Å²) in [6, 6.07) is 0. The number of hydrogen-bond acceptors (Lipinski definition) is 2. The van der Waals surface area contributed by atoms with Gasteiger partial charge in [-0.3, -0.25) is 4.79 Å². The SMILES string of the molecule is O=C/C=C/CCN1CCCC1. The van der Waals surface area contributed by atoms with Gasteiger partial charge < -0.3 is 4.90 Å². The maximum atomic E-state index is 9.90. The fourth-order valence-electron chi connectivity index (χ4n) is 1.42. The van der Waals surface area contributed by atoms with E-state index in [9.17, 15) is 4.79 Å². The van der Waals surface area contributed by atoms with Gasteiger partial charge in [0, 0.05) is 6.54 Å². The minimum absolute atomic E-state index is 0.837. The smallest absolute Gasteiger partial charge is 0.142 e. The van der Waals surface area contributed by atoms with Crippen LogP contribution < -0.4 is 0 Å². The molecule has 0 N–H and O–H groups in total. The van der Waals surface area contributed by atoms with Gasteiger partial charge in [-0.2, -0.15) is 0 Å². The van der Waals surface area contributed by atoms with Crippen molar-refractivity contribution in [3.8, 4) is 0 Å². The molecule has 1 saturated heterocycles. The first-order valence-corrected chi connectivity index (χ1v) is 4.26. The molecule has 0 aromatic rings. The van der Waals surface area contributed by atoms with Crippen molar-refractivity contribution in [2.24, 2.45) is 0 Å². The Hall–Kier alpha value is -0.630. The zero-order chi connectivity index (χ0) is 7.94. The van der Waals surface area contributed by atoms with Crippen LogP contribution in [-0.4, -0.2) is 30.8 Å². The average Bonchev–Trinajstić information content (AvgIpc) is 2.50. The largest absolute Gasteiger partial charge is 0.303 e. The number of rotatable bonds is 4. The third-order valence-corrected chi connectivity index (χ3v) is 2.03. The molecule has 0 aromatic carbocycles. The molecular formula is C9H15NO. The summed E-state index contributed by atoms with van der Waals surface area (Å²) in [4.78, 5) is 12.3. The van der Waals surface area contributed by atoms with Gasteiger partial charge in [0.2, 0.25) is 0 Å². The Bertz CT molecular complexity index is 136. The minimum Gasteiger partial charge on any atom is -0.303 e. The van der Waals surface area contributed by atoms with Crippen molar-refractivity contribution in [1.29, 1.82) is 0 Å². The van der Waals surface area contributed by atoms with Crippen LogP contribution in [0.1, 0.15) is 19.3 Å². The second-order valence-electron chi connectivity index (χ2n) is 2.90. The van der Waals surface area contributed by atoms with Gasteiger partial charge in [0.15, 0.2) is 0 Å². The first-order chi connectivity index (χ1) is 5.43. The molecule has 0 atom stereocenters. The van der Waals surface area contributed by atoms with Gasteiger partial charge in [0.05, 0.1) is 0 Å². The Morgan fingerprint density at radius 1 is 1.27 bits per heavy atom. The Kier molecular flexibility index (Phi) is 3.91. The molecule has 0 aliphatic carbocycles. The summed E-state index contributed by atoms with van der Waals surface area (Å²) in [6.45, 7) is 3.61. The number of allylic oxidation sites excluding steroid dienone is 1. The highest BCUT2D eigenvalue weighted by Gasteiger charge is 2.08. The topological polar surface area (TPSA) is 20.3 Å². The van der Waals surface area contributed by atoms with E-state index in [0.29, 0.717) is 0 Å². The molecule has 1 rings (SSSR count). The minimum atomic E-state index is 0.837. The van der Waals surface area contributed by atoms with Crippen LogP contribution in [0.2, 0.25) is 0 Å². The Labute approximate surface area is 67.9 Å². The zero-order valence-corrected chi connectivity index (χ0v) is 6.83. The molecule has 0 spiro atoms. The van der Waals surface area contributed by atoms with Crippen molar-refractivity contribution < 1.29 is 4.79 Å². The Morgan fingerprint density at radius 2 is 2.00 bits per heavy atom. The molecule has 0 unspecified atom stereocenters. The van der Waals surface area contributed by atoms with E-state index >= 15 is 0 Å². The lowest BCUT2D eigenvalue weighted by atomic mass is 10.3. The monoisotopic (exact) mass is 153 g/mol. The highest BCUT2D eigenvalue weighted by molar-refractivity contribution is 5.64. The van der Waals surface area contributed by atoms with Crippen LogP contribution in [0.15, 0.2) is 12.2 Å². The number of hydrogen-bond donors (Lipinski definition) is 0. The molecule has 0 saturated carbocycles. The van der Waals surface area contributed by atoms with Crippen molar-refractivity contribution in [1.82, 2.24) is 4.90 Å². The molecule has 0 amide bonds. The summed E-state index contributed by atoms with van der Waals surface area (Å²) in [7, 11) is 0. The van der Waals surface area contributed by atoms with E-state index in [1.54, 1.807) is 6.08 Å². The molecule has 1 fully saturated rings. The summed E-state index contributed by atoms with van der Waals surface area (Å²) in [5.41, 5.74) is 0. The van der Waals surface area contributed by atoms with Gasteiger partial charge in [0.1, 0.15) is 6.29 Å². The summed E-state index contributed by atoms with van der Waals surface area (Å²) in [5.74, 6) is 0. The molecular weight excluding hydrogens is 138 g/mol. The lowest BCUT2D eigenvalue weighted by Gasteiger charge is -2.11. The molecule has 1 aliphatic heterocycles. The van der Waals surface area contributed by atoms with Crippen LogP contribution >= 0.6 is 0 Å². The second-order valence-corrected chi connectivity index (χ2v) is 2.90. The lowest BCUT2D eigenvalue weighted by molar-refractivity contribution is -0.104. The fourth-order valence-corrected chi connectivity index (χ4v) is 1.42. The van der Waals surface area contributed by atoms with E-state index in [1.807, 2.05) is 6.08 Å². The van der Waals surface area contributed by atoms with E-state index in [0.717, 1.165) is 19.3 Å². The van der Waals surface area contributed by atoms with E-state index < -0.39 is 0 Å². The third kappa shape index (κ3) is 3.33. The Morgan fingerprint density at radius 3 is 2.64 bits per heavy atom. The first kappa shape index (κ1) is 8.47. The quantitative estimate of drug-likeness (QED) is 0.447. The van der Waals surface area contributed by atoms with Crippen molar-refractivity contribution >= 4 is 6.29 Å². The normalized spacial score (nSPS) is 19.6. The molecule has 0 aromatic heterocycles. The van der Waals surface area contributed by atoms with E-state index in [4.69, 9.17) is 0 Å².